The minimum absolute atomic E-state index is 0.0606. The number of hydrogen-bond donors (Lipinski definition) is 3. The molecule has 0 saturated carbocycles. The van der Waals surface area contributed by atoms with Gasteiger partial charge in [-0.25, -0.2) is 0 Å². The van der Waals surface area contributed by atoms with E-state index in [0.717, 1.165) is 17.3 Å². The van der Waals surface area contributed by atoms with Crippen LogP contribution in [0, 0.1) is 0 Å². The van der Waals surface area contributed by atoms with Crippen LogP contribution >= 0.6 is 24.0 Å². The summed E-state index contributed by atoms with van der Waals surface area (Å²) in [6.07, 6.45) is 1.64. The molecule has 2 aromatic carbocycles. The van der Waals surface area contributed by atoms with Crippen molar-refractivity contribution in [3.05, 3.63) is 64.6 Å². The lowest BCUT2D eigenvalue weighted by Crippen LogP contribution is -2.43. The number of hydrogen-bond acceptors (Lipinski definition) is 7. The lowest BCUT2D eigenvalue weighted by Gasteiger charge is -2.14. The predicted octanol–water partition coefficient (Wildman–Crippen LogP) is 2.45. The molecule has 3 rings (SSSR count). The number of phenolic OH excluding ortho intramolecular Hbond substituents is 1. The lowest BCUT2D eigenvalue weighted by atomic mass is 10.2. The molecule has 1 fully saturated rings. The number of para-hydroxylation sites is 1. The Balaban J connectivity index is 1.55. The number of rotatable bonds is 6. The standard InChI is InChI=1S/C21H19N3O5S2/c1-29-16-8-3-2-5-13(16)12-17-20(28)24(21(30)31-17)10-9-18(26)22-23-19(27)14-6-4-7-15(25)11-14/h2-8,11-12,25H,9-10H2,1H3,(H,22,26)(H,23,27)/b17-12-. The number of nitrogens with one attached hydrogen (secondary N) is 2. The minimum atomic E-state index is -0.574. The second-order valence-electron chi connectivity index (χ2n) is 6.38. The summed E-state index contributed by atoms with van der Waals surface area (Å²) in [6.45, 7) is 0.0712. The topological polar surface area (TPSA) is 108 Å². The number of methoxy groups -OCH3 is 1. The van der Waals surface area contributed by atoms with Crippen LogP contribution in [0.1, 0.15) is 22.3 Å². The van der Waals surface area contributed by atoms with E-state index >= 15 is 0 Å². The highest BCUT2D eigenvalue weighted by Crippen LogP contribution is 2.34. The number of benzene rings is 2. The fourth-order valence-electron chi connectivity index (χ4n) is 2.74. The largest absolute Gasteiger partial charge is 0.508 e. The van der Waals surface area contributed by atoms with Crippen molar-refractivity contribution in [3.63, 3.8) is 0 Å². The van der Waals surface area contributed by atoms with Gasteiger partial charge in [0, 0.05) is 24.1 Å². The number of thioether (sulfide) groups is 1. The van der Waals surface area contributed by atoms with E-state index in [1.807, 2.05) is 18.2 Å². The number of carbonyl (C=O) groups is 3. The van der Waals surface area contributed by atoms with Crippen molar-refractivity contribution < 1.29 is 24.2 Å². The monoisotopic (exact) mass is 457 g/mol. The van der Waals surface area contributed by atoms with Crippen molar-refractivity contribution in [1.82, 2.24) is 15.8 Å². The molecule has 0 spiro atoms. The molecule has 3 amide bonds. The van der Waals surface area contributed by atoms with E-state index in [4.69, 9.17) is 17.0 Å². The first kappa shape index (κ1) is 22.3. The molecule has 160 valence electrons. The van der Waals surface area contributed by atoms with Crippen molar-refractivity contribution in [2.75, 3.05) is 13.7 Å². The predicted molar refractivity (Wildman–Crippen MR) is 121 cm³/mol. The van der Waals surface area contributed by atoms with Gasteiger partial charge in [-0.15, -0.1) is 0 Å². The Kier molecular flexibility index (Phi) is 7.27. The normalized spacial score (nSPS) is 14.6. The Bertz CT molecular complexity index is 1070. The fraction of sp³-hybridized carbons (Fsp3) is 0.143. The second-order valence-corrected chi connectivity index (χ2v) is 8.05. The van der Waals surface area contributed by atoms with Crippen LogP contribution in [0.2, 0.25) is 0 Å². The molecule has 0 atom stereocenters. The van der Waals surface area contributed by atoms with Gasteiger partial charge in [-0.3, -0.25) is 30.1 Å². The zero-order valence-corrected chi connectivity index (χ0v) is 18.1. The molecule has 1 aliphatic heterocycles. The molecule has 0 radical (unpaired) electrons. The van der Waals surface area contributed by atoms with Gasteiger partial charge in [0.15, 0.2) is 0 Å². The van der Waals surface area contributed by atoms with Gasteiger partial charge < -0.3 is 9.84 Å². The van der Waals surface area contributed by atoms with Crippen LogP contribution < -0.4 is 15.6 Å². The average molecular weight is 458 g/mol. The second kappa shape index (κ2) is 10.1. The number of ether oxygens (including phenoxy) is 1. The number of thiocarbonyl (C=S) groups is 1. The lowest BCUT2D eigenvalue weighted by molar-refractivity contribution is -0.124. The number of amides is 3. The van der Waals surface area contributed by atoms with Gasteiger partial charge in [-0.2, -0.15) is 0 Å². The van der Waals surface area contributed by atoms with Crippen LogP contribution in [0.25, 0.3) is 6.08 Å². The Labute approximate surface area is 188 Å². The van der Waals surface area contributed by atoms with E-state index in [1.165, 1.54) is 29.2 Å². The molecular formula is C21H19N3O5S2. The van der Waals surface area contributed by atoms with Crippen LogP contribution in [-0.4, -0.2) is 45.7 Å². The van der Waals surface area contributed by atoms with Crippen molar-refractivity contribution in [2.45, 2.75) is 6.42 Å². The molecule has 1 aliphatic rings. The van der Waals surface area contributed by atoms with E-state index in [-0.39, 0.29) is 30.2 Å². The summed E-state index contributed by atoms with van der Waals surface area (Å²) in [5.74, 6) is -0.785. The fourth-order valence-corrected chi connectivity index (χ4v) is 4.04. The zero-order valence-electron chi connectivity index (χ0n) is 16.5. The summed E-state index contributed by atoms with van der Waals surface area (Å²) in [4.78, 5) is 38.6. The first-order valence-corrected chi connectivity index (χ1v) is 10.4. The first-order valence-electron chi connectivity index (χ1n) is 9.15. The van der Waals surface area contributed by atoms with Gasteiger partial charge in [-0.05, 0) is 30.3 Å². The first-order chi connectivity index (χ1) is 14.9. The maximum atomic E-state index is 12.7. The van der Waals surface area contributed by atoms with Gasteiger partial charge in [0.2, 0.25) is 5.91 Å². The summed E-state index contributed by atoms with van der Waals surface area (Å²) in [5.41, 5.74) is 5.48. The summed E-state index contributed by atoms with van der Waals surface area (Å²) < 4.78 is 5.65. The molecule has 0 bridgehead atoms. The highest BCUT2D eigenvalue weighted by atomic mass is 32.2. The highest BCUT2D eigenvalue weighted by molar-refractivity contribution is 8.26. The van der Waals surface area contributed by atoms with E-state index in [2.05, 4.69) is 10.9 Å². The van der Waals surface area contributed by atoms with Crippen LogP contribution in [0.15, 0.2) is 53.4 Å². The number of hydrazine groups is 1. The molecule has 1 saturated heterocycles. The van der Waals surface area contributed by atoms with Crippen LogP contribution in [0.3, 0.4) is 0 Å². The Hall–Kier alpha value is -3.37. The maximum absolute atomic E-state index is 12.7. The van der Waals surface area contributed by atoms with E-state index in [0.29, 0.717) is 15.0 Å². The number of nitrogens with zero attached hydrogens (tertiary/aromatic N) is 1. The van der Waals surface area contributed by atoms with E-state index in [9.17, 15) is 19.5 Å². The molecule has 0 aliphatic carbocycles. The van der Waals surface area contributed by atoms with Crippen molar-refractivity contribution in [3.8, 4) is 11.5 Å². The van der Waals surface area contributed by atoms with Crippen LogP contribution in [0.5, 0.6) is 11.5 Å². The third-order valence-electron chi connectivity index (χ3n) is 4.29. The molecule has 10 heteroatoms. The molecule has 31 heavy (non-hydrogen) atoms. The van der Waals surface area contributed by atoms with Crippen LogP contribution in [0.4, 0.5) is 0 Å². The maximum Gasteiger partial charge on any atom is 0.269 e. The molecular weight excluding hydrogens is 438 g/mol. The SMILES string of the molecule is COc1ccccc1/C=C1\SC(=S)N(CCC(=O)NNC(=O)c2cccc(O)c2)C1=O. The smallest absolute Gasteiger partial charge is 0.269 e. The van der Waals surface area contributed by atoms with E-state index in [1.54, 1.807) is 19.3 Å². The van der Waals surface area contributed by atoms with Crippen LogP contribution in [-0.2, 0) is 9.59 Å². The van der Waals surface area contributed by atoms with Gasteiger partial charge in [-0.1, -0.05) is 48.2 Å². The quantitative estimate of drug-likeness (QED) is 0.347. The molecule has 8 nitrogen and oxygen atoms in total. The number of aromatic hydroxyl groups is 1. The van der Waals surface area contributed by atoms with Gasteiger partial charge >= 0.3 is 0 Å². The van der Waals surface area contributed by atoms with Crippen molar-refractivity contribution in [2.24, 2.45) is 0 Å². The molecule has 1 heterocycles. The Morgan fingerprint density at radius 1 is 1.19 bits per heavy atom. The van der Waals surface area contributed by atoms with Gasteiger partial charge in [0.05, 0.1) is 12.0 Å². The third-order valence-corrected chi connectivity index (χ3v) is 5.66. The van der Waals surface area contributed by atoms with Gasteiger partial charge in [0.25, 0.3) is 11.8 Å². The minimum Gasteiger partial charge on any atom is -0.508 e. The molecule has 0 unspecified atom stereocenters. The molecule has 3 N–H and O–H groups in total. The average Bonchev–Trinajstić information content (AvgIpc) is 3.03. The van der Waals surface area contributed by atoms with Crippen molar-refractivity contribution >= 4 is 52.1 Å². The molecule has 0 aromatic heterocycles. The summed E-state index contributed by atoms with van der Waals surface area (Å²) in [6, 6.07) is 13.0. The van der Waals surface area contributed by atoms with Crippen molar-refractivity contribution in [1.29, 1.82) is 0 Å². The van der Waals surface area contributed by atoms with E-state index < -0.39 is 11.8 Å². The number of carbonyl (C=O) groups excluding carboxylic acids is 3. The highest BCUT2D eigenvalue weighted by Gasteiger charge is 2.32. The molecule has 2 aromatic rings. The summed E-state index contributed by atoms with van der Waals surface area (Å²) in [7, 11) is 1.55. The Morgan fingerprint density at radius 2 is 1.97 bits per heavy atom. The zero-order chi connectivity index (χ0) is 22.4. The van der Waals surface area contributed by atoms with Gasteiger partial charge in [0.1, 0.15) is 15.8 Å². The summed E-state index contributed by atoms with van der Waals surface area (Å²) in [5, 5.41) is 9.41. The Morgan fingerprint density at radius 3 is 2.71 bits per heavy atom. The third kappa shape index (κ3) is 5.62. The number of phenols is 1. The summed E-state index contributed by atoms with van der Waals surface area (Å²) >= 11 is 6.43.